The Bertz CT molecular complexity index is 1850. The minimum atomic E-state index is -0.504. The van der Waals surface area contributed by atoms with Gasteiger partial charge < -0.3 is 29.6 Å². The minimum absolute atomic E-state index is 0.00363. The molecule has 0 spiro atoms. The van der Waals surface area contributed by atoms with Crippen LogP contribution in [0.4, 0.5) is 10.1 Å². The van der Waals surface area contributed by atoms with Gasteiger partial charge in [0.25, 0.3) is 5.91 Å². The number of hydrogen-bond acceptors (Lipinski definition) is 6. The summed E-state index contributed by atoms with van der Waals surface area (Å²) < 4.78 is 30.3. The number of pyridine rings is 1. The van der Waals surface area contributed by atoms with Crippen molar-refractivity contribution in [1.29, 1.82) is 0 Å². The van der Waals surface area contributed by atoms with Crippen LogP contribution in [-0.4, -0.2) is 55.9 Å². The van der Waals surface area contributed by atoms with Crippen molar-refractivity contribution in [3.05, 3.63) is 70.3 Å². The Morgan fingerprint density at radius 3 is 2.76 bits per heavy atom. The molecule has 0 saturated carbocycles. The molecule has 5 heterocycles. The van der Waals surface area contributed by atoms with Crippen LogP contribution in [0.1, 0.15) is 61.7 Å². The molecule has 1 amide bonds. The lowest BCUT2D eigenvalue weighted by molar-refractivity contribution is 0.0951. The molecule has 4 aliphatic heterocycles. The van der Waals surface area contributed by atoms with E-state index in [9.17, 15) is 9.59 Å². The van der Waals surface area contributed by atoms with E-state index in [2.05, 4.69) is 15.5 Å². The number of piperidine rings is 1. The van der Waals surface area contributed by atoms with Gasteiger partial charge in [-0.05, 0) is 85.9 Å². The highest BCUT2D eigenvalue weighted by Crippen LogP contribution is 2.48. The second-order valence-electron chi connectivity index (χ2n) is 13.5. The van der Waals surface area contributed by atoms with E-state index in [1.165, 1.54) is 12.5 Å². The zero-order valence-electron chi connectivity index (χ0n) is 26.2. The Kier molecular flexibility index (Phi) is 7.90. The molecule has 3 aromatic carbocycles. The van der Waals surface area contributed by atoms with Gasteiger partial charge in [-0.3, -0.25) is 9.59 Å². The van der Waals surface area contributed by atoms with Crippen LogP contribution in [0.3, 0.4) is 0 Å². The maximum Gasteiger partial charge on any atom is 0.256 e. The van der Waals surface area contributed by atoms with Crippen LogP contribution in [0.25, 0.3) is 27.4 Å². The molecule has 3 saturated heterocycles. The lowest BCUT2D eigenvalue weighted by atomic mass is 9.94. The molecule has 0 aliphatic carbocycles. The number of halogens is 1. The van der Waals surface area contributed by atoms with Gasteiger partial charge in [-0.1, -0.05) is 37.1 Å². The molecule has 3 atom stereocenters. The van der Waals surface area contributed by atoms with Crippen LogP contribution in [0, 0.1) is 17.7 Å². The van der Waals surface area contributed by atoms with E-state index in [-0.39, 0.29) is 10.9 Å². The van der Waals surface area contributed by atoms with Crippen LogP contribution < -0.4 is 25.7 Å². The second-order valence-corrected chi connectivity index (χ2v) is 13.5. The predicted molar refractivity (Wildman–Crippen MR) is 178 cm³/mol. The first-order valence-electron chi connectivity index (χ1n) is 17.0. The fourth-order valence-electron chi connectivity index (χ4n) is 8.09. The fraction of sp³-hybridized carbons (Fsp3) is 0.459. The number of ether oxygens (including phenoxy) is 2. The zero-order valence-corrected chi connectivity index (χ0v) is 26.2. The molecule has 46 heavy (non-hydrogen) atoms. The van der Waals surface area contributed by atoms with E-state index >= 15 is 4.39 Å². The minimum Gasteiger partial charge on any atom is -0.451 e. The van der Waals surface area contributed by atoms with Crippen LogP contribution in [0.2, 0.25) is 0 Å². The largest absolute Gasteiger partial charge is 0.451 e. The average molecular weight is 625 g/mol. The maximum atomic E-state index is 16.3. The highest BCUT2D eigenvalue weighted by molar-refractivity contribution is 6.02. The van der Waals surface area contributed by atoms with E-state index in [4.69, 9.17) is 9.47 Å². The summed E-state index contributed by atoms with van der Waals surface area (Å²) >= 11 is 0. The van der Waals surface area contributed by atoms with Crippen molar-refractivity contribution in [2.24, 2.45) is 11.8 Å². The highest BCUT2D eigenvalue weighted by atomic mass is 19.1. The lowest BCUT2D eigenvalue weighted by Crippen LogP contribution is -2.40. The Morgan fingerprint density at radius 2 is 1.89 bits per heavy atom. The molecular weight excluding hydrogens is 583 g/mol. The molecule has 4 aliphatic rings. The number of benzene rings is 3. The number of fused-ring (bicyclic) bond motifs is 4. The molecule has 9 heteroatoms. The van der Waals surface area contributed by atoms with E-state index in [1.807, 2.05) is 41.0 Å². The summed E-state index contributed by atoms with van der Waals surface area (Å²) in [7, 11) is 0. The first-order valence-corrected chi connectivity index (χ1v) is 17.0. The predicted octanol–water partition coefficient (Wildman–Crippen LogP) is 6.29. The third-order valence-electron chi connectivity index (χ3n) is 10.5. The fourth-order valence-corrected chi connectivity index (χ4v) is 8.09. The SMILES string of the molecule is O=C(NCCCCC1CCCOCC1)c1cn2c3c(c(N4CC5CCCNC5C4)c(F)cc3c1=O)Oc1cc3ccccc3cc1-2. The Morgan fingerprint density at radius 1 is 1.02 bits per heavy atom. The van der Waals surface area contributed by atoms with Crippen LogP contribution in [0.15, 0.2) is 53.5 Å². The zero-order chi connectivity index (χ0) is 31.2. The molecule has 3 unspecified atom stereocenters. The highest BCUT2D eigenvalue weighted by Gasteiger charge is 2.38. The first-order chi connectivity index (χ1) is 22.5. The number of nitrogens with one attached hydrogen (secondary N) is 2. The van der Waals surface area contributed by atoms with Gasteiger partial charge in [0.05, 0.1) is 11.1 Å². The summed E-state index contributed by atoms with van der Waals surface area (Å²) in [6.45, 7) is 4.53. The monoisotopic (exact) mass is 624 g/mol. The number of aromatic nitrogens is 1. The van der Waals surface area contributed by atoms with E-state index in [0.717, 1.165) is 82.0 Å². The smallest absolute Gasteiger partial charge is 0.256 e. The third-order valence-corrected chi connectivity index (χ3v) is 10.5. The van der Waals surface area contributed by atoms with Crippen molar-refractivity contribution < 1.29 is 18.7 Å². The van der Waals surface area contributed by atoms with Gasteiger partial charge in [0, 0.05) is 45.1 Å². The molecule has 240 valence electrons. The number of nitrogens with zero attached hydrogens (tertiary/aromatic N) is 2. The summed E-state index contributed by atoms with van der Waals surface area (Å²) in [5.41, 5.74) is 1.11. The number of carbonyl (C=O) groups excluding carboxylic acids is 1. The number of anilines is 1. The van der Waals surface area contributed by atoms with E-state index in [0.29, 0.717) is 59.4 Å². The Labute approximate surface area is 267 Å². The molecule has 2 N–H and O–H groups in total. The van der Waals surface area contributed by atoms with Crippen molar-refractivity contribution in [3.8, 4) is 17.2 Å². The summed E-state index contributed by atoms with van der Waals surface area (Å²) in [6, 6.07) is 13.6. The maximum absolute atomic E-state index is 16.3. The molecule has 4 aromatic rings. The van der Waals surface area contributed by atoms with E-state index in [1.54, 1.807) is 6.20 Å². The van der Waals surface area contributed by atoms with Gasteiger partial charge in [-0.2, -0.15) is 0 Å². The van der Waals surface area contributed by atoms with E-state index < -0.39 is 17.2 Å². The van der Waals surface area contributed by atoms with Gasteiger partial charge >= 0.3 is 0 Å². The van der Waals surface area contributed by atoms with Crippen molar-refractivity contribution in [1.82, 2.24) is 15.2 Å². The van der Waals surface area contributed by atoms with Gasteiger partial charge in [-0.15, -0.1) is 0 Å². The summed E-state index contributed by atoms with van der Waals surface area (Å²) in [5.74, 6) is 1.07. The molecule has 8 nitrogen and oxygen atoms in total. The quantitative estimate of drug-likeness (QED) is 0.207. The second kappa shape index (κ2) is 12.3. The molecule has 8 rings (SSSR count). The van der Waals surface area contributed by atoms with Crippen LogP contribution >= 0.6 is 0 Å². The molecule has 3 fully saturated rings. The Hall–Kier alpha value is -3.95. The number of unbranched alkanes of at least 4 members (excludes halogenated alkanes) is 1. The van der Waals surface area contributed by atoms with Crippen LogP contribution in [-0.2, 0) is 4.74 Å². The molecule has 1 aromatic heterocycles. The summed E-state index contributed by atoms with van der Waals surface area (Å²) in [5, 5.41) is 8.71. The summed E-state index contributed by atoms with van der Waals surface area (Å²) in [4.78, 5) is 29.5. The number of carbonyl (C=O) groups is 1. The number of amides is 1. The van der Waals surface area contributed by atoms with Crippen LogP contribution in [0.5, 0.6) is 11.5 Å². The normalized spacial score (nSPS) is 22.3. The van der Waals surface area contributed by atoms with Gasteiger partial charge in [-0.25, -0.2) is 4.39 Å². The van der Waals surface area contributed by atoms with Gasteiger partial charge in [0.1, 0.15) is 16.8 Å². The van der Waals surface area contributed by atoms with Crippen molar-refractivity contribution >= 4 is 33.3 Å². The molecule has 0 bridgehead atoms. The average Bonchev–Trinajstić information content (AvgIpc) is 3.31. The topological polar surface area (TPSA) is 84.8 Å². The Balaban J connectivity index is 1.15. The first kappa shape index (κ1) is 29.5. The van der Waals surface area contributed by atoms with Crippen molar-refractivity contribution in [3.63, 3.8) is 0 Å². The number of hydrogen-bond donors (Lipinski definition) is 2. The molecular formula is C37H41FN4O4. The number of rotatable bonds is 7. The standard InChI is InChI=1S/C37H41FN4O4/c38-29-19-27-33-36(34(29)41-20-26-11-5-14-39-30(26)22-41)46-32-18-25-10-2-1-9-24(25)17-31(32)42(33)21-28(35(27)43)37(44)40-13-4-3-7-23-8-6-15-45-16-12-23/h1-2,9-10,17-19,21,23,26,30,39H,3-8,11-16,20,22H2,(H,40,44). The van der Waals surface area contributed by atoms with Crippen molar-refractivity contribution in [2.45, 2.75) is 57.4 Å². The van der Waals surface area contributed by atoms with Crippen molar-refractivity contribution in [2.75, 3.05) is 44.3 Å². The molecule has 0 radical (unpaired) electrons. The summed E-state index contributed by atoms with van der Waals surface area (Å²) in [6.07, 6.45) is 10.2. The lowest BCUT2D eigenvalue weighted by Gasteiger charge is -2.29. The third kappa shape index (κ3) is 5.33. The van der Waals surface area contributed by atoms with Gasteiger partial charge in [0.2, 0.25) is 5.43 Å². The van der Waals surface area contributed by atoms with Gasteiger partial charge in [0.15, 0.2) is 17.3 Å².